The molecule has 2 aliphatic rings. The normalized spacial score (nSPS) is 18.2. The highest BCUT2D eigenvalue weighted by molar-refractivity contribution is 7.10. The van der Waals surface area contributed by atoms with Crippen LogP contribution in [-0.4, -0.2) is 54.4 Å². The van der Waals surface area contributed by atoms with Crippen LogP contribution in [0.3, 0.4) is 0 Å². The summed E-state index contributed by atoms with van der Waals surface area (Å²) in [5.74, 6) is 2.33. The number of amides is 2. The Kier molecular flexibility index (Phi) is 7.28. The minimum atomic E-state index is 0.123. The van der Waals surface area contributed by atoms with Gasteiger partial charge in [-0.15, -0.1) is 11.3 Å². The number of rotatable bonds is 6. The second-order valence-electron chi connectivity index (χ2n) is 8.89. The minimum absolute atomic E-state index is 0.123. The van der Waals surface area contributed by atoms with Crippen LogP contribution in [0.15, 0.2) is 41.8 Å². The minimum Gasteiger partial charge on any atom is -0.493 e. The van der Waals surface area contributed by atoms with Crippen LogP contribution in [0.5, 0.6) is 5.75 Å². The Labute approximate surface area is 189 Å². The Morgan fingerprint density at radius 3 is 2.29 bits per heavy atom. The van der Waals surface area contributed by atoms with Gasteiger partial charge in [0.15, 0.2) is 0 Å². The first-order valence-electron chi connectivity index (χ1n) is 11.4. The van der Waals surface area contributed by atoms with Crippen LogP contribution in [0, 0.1) is 11.8 Å². The number of likely N-dealkylation sites (tertiary alicyclic amines) is 2. The van der Waals surface area contributed by atoms with Gasteiger partial charge in [-0.1, -0.05) is 13.0 Å². The van der Waals surface area contributed by atoms with Crippen molar-refractivity contribution >= 4 is 23.2 Å². The maximum atomic E-state index is 12.7. The predicted molar refractivity (Wildman–Crippen MR) is 124 cm³/mol. The molecule has 2 aromatic rings. The van der Waals surface area contributed by atoms with E-state index in [1.165, 1.54) is 0 Å². The van der Waals surface area contributed by atoms with Gasteiger partial charge in [0, 0.05) is 36.6 Å². The number of hydrogen-bond donors (Lipinski definition) is 0. The molecule has 0 saturated carbocycles. The molecule has 2 aliphatic heterocycles. The van der Waals surface area contributed by atoms with Crippen molar-refractivity contribution in [2.45, 2.75) is 39.0 Å². The van der Waals surface area contributed by atoms with E-state index in [1.807, 2.05) is 51.6 Å². The molecule has 1 aromatic carbocycles. The lowest BCUT2D eigenvalue weighted by atomic mass is 9.97. The number of carbonyl (C=O) groups is 2. The molecular weight excluding hydrogens is 408 g/mol. The van der Waals surface area contributed by atoms with Gasteiger partial charge in [0.05, 0.1) is 13.0 Å². The first kappa shape index (κ1) is 21.9. The zero-order chi connectivity index (χ0) is 21.6. The van der Waals surface area contributed by atoms with Gasteiger partial charge in [0.25, 0.3) is 5.91 Å². The van der Waals surface area contributed by atoms with Crippen molar-refractivity contribution < 1.29 is 14.3 Å². The Morgan fingerprint density at radius 2 is 1.65 bits per heavy atom. The highest BCUT2D eigenvalue weighted by Crippen LogP contribution is 2.22. The van der Waals surface area contributed by atoms with E-state index in [9.17, 15) is 9.59 Å². The SMILES string of the molecule is CC1CCN(C(=O)c2ccc(OCC3CCN(C(=O)Cc4cccs4)CC3)cc2)CC1. The van der Waals surface area contributed by atoms with Crippen molar-refractivity contribution in [1.29, 1.82) is 0 Å². The summed E-state index contributed by atoms with van der Waals surface area (Å²) in [7, 11) is 0. The Balaban J connectivity index is 1.19. The van der Waals surface area contributed by atoms with Crippen LogP contribution < -0.4 is 4.74 Å². The summed E-state index contributed by atoms with van der Waals surface area (Å²) in [6.07, 6.45) is 4.64. The maximum absolute atomic E-state index is 12.7. The van der Waals surface area contributed by atoms with Crippen molar-refractivity contribution in [2.24, 2.45) is 11.8 Å². The van der Waals surface area contributed by atoms with E-state index < -0.39 is 0 Å². The van der Waals surface area contributed by atoms with Gasteiger partial charge in [-0.3, -0.25) is 9.59 Å². The number of nitrogens with zero attached hydrogens (tertiary/aromatic N) is 2. The fourth-order valence-corrected chi connectivity index (χ4v) is 5.02. The number of hydrogen-bond acceptors (Lipinski definition) is 4. The second kappa shape index (κ2) is 10.3. The van der Waals surface area contributed by atoms with Crippen LogP contribution in [-0.2, 0) is 11.2 Å². The fraction of sp³-hybridized carbons (Fsp3) is 0.520. The standard InChI is InChI=1S/C25H32N2O3S/c1-19-8-12-27(13-9-19)25(29)21-4-6-22(7-5-21)30-18-20-10-14-26(15-11-20)24(28)17-23-3-2-16-31-23/h2-7,16,19-20H,8-15,17-18H2,1H3. The first-order chi connectivity index (χ1) is 15.1. The van der Waals surface area contributed by atoms with Gasteiger partial charge >= 0.3 is 0 Å². The summed E-state index contributed by atoms with van der Waals surface area (Å²) in [5.41, 5.74) is 0.736. The van der Waals surface area contributed by atoms with Crippen molar-refractivity contribution in [1.82, 2.24) is 9.80 Å². The largest absolute Gasteiger partial charge is 0.493 e. The zero-order valence-electron chi connectivity index (χ0n) is 18.3. The van der Waals surface area contributed by atoms with E-state index in [-0.39, 0.29) is 11.8 Å². The average molecular weight is 441 g/mol. The van der Waals surface area contributed by atoms with Gasteiger partial charge in [0.2, 0.25) is 5.91 Å². The monoisotopic (exact) mass is 440 g/mol. The van der Waals surface area contributed by atoms with E-state index in [0.717, 1.165) is 68.1 Å². The highest BCUT2D eigenvalue weighted by atomic mass is 32.1. The van der Waals surface area contributed by atoms with Gasteiger partial charge in [-0.2, -0.15) is 0 Å². The smallest absolute Gasteiger partial charge is 0.253 e. The molecule has 3 heterocycles. The number of benzene rings is 1. The maximum Gasteiger partial charge on any atom is 0.253 e. The fourth-order valence-electron chi connectivity index (χ4n) is 4.33. The molecule has 6 heteroatoms. The summed E-state index contributed by atoms with van der Waals surface area (Å²) in [4.78, 5) is 30.2. The quantitative estimate of drug-likeness (QED) is 0.665. The number of piperidine rings is 2. The second-order valence-corrected chi connectivity index (χ2v) is 9.92. The molecule has 166 valence electrons. The van der Waals surface area contributed by atoms with E-state index in [2.05, 4.69) is 6.92 Å². The lowest BCUT2D eigenvalue weighted by molar-refractivity contribution is -0.131. The molecule has 5 nitrogen and oxygen atoms in total. The predicted octanol–water partition coefficient (Wildman–Crippen LogP) is 4.48. The van der Waals surface area contributed by atoms with Crippen LogP contribution in [0.4, 0.5) is 0 Å². The van der Waals surface area contributed by atoms with Gasteiger partial charge < -0.3 is 14.5 Å². The van der Waals surface area contributed by atoms with E-state index >= 15 is 0 Å². The molecule has 4 rings (SSSR count). The summed E-state index contributed by atoms with van der Waals surface area (Å²) in [6.45, 7) is 6.23. The molecule has 1 aromatic heterocycles. The third-order valence-corrected chi connectivity index (χ3v) is 7.41. The topological polar surface area (TPSA) is 49.9 Å². The summed E-state index contributed by atoms with van der Waals surface area (Å²) in [5, 5.41) is 2.02. The number of thiophene rings is 1. The van der Waals surface area contributed by atoms with Gasteiger partial charge in [0.1, 0.15) is 5.75 Å². The van der Waals surface area contributed by atoms with Crippen LogP contribution in [0.1, 0.15) is 47.8 Å². The summed E-state index contributed by atoms with van der Waals surface area (Å²) in [6, 6.07) is 11.6. The Hall–Kier alpha value is -2.34. The zero-order valence-corrected chi connectivity index (χ0v) is 19.1. The molecule has 0 spiro atoms. The molecule has 0 radical (unpaired) electrons. The van der Waals surface area contributed by atoms with E-state index in [4.69, 9.17) is 4.74 Å². The highest BCUT2D eigenvalue weighted by Gasteiger charge is 2.24. The molecule has 2 amide bonds. The molecule has 0 unspecified atom stereocenters. The molecule has 0 atom stereocenters. The molecular formula is C25H32N2O3S. The van der Waals surface area contributed by atoms with Crippen molar-refractivity contribution in [3.05, 3.63) is 52.2 Å². The molecule has 0 bridgehead atoms. The molecule has 2 fully saturated rings. The lowest BCUT2D eigenvalue weighted by Crippen LogP contribution is -2.40. The Bertz CT molecular complexity index is 849. The van der Waals surface area contributed by atoms with Crippen molar-refractivity contribution in [3.63, 3.8) is 0 Å². The third kappa shape index (κ3) is 5.88. The van der Waals surface area contributed by atoms with Gasteiger partial charge in [-0.05, 0) is 73.2 Å². The van der Waals surface area contributed by atoms with Crippen molar-refractivity contribution in [3.8, 4) is 5.75 Å². The summed E-state index contributed by atoms with van der Waals surface area (Å²) < 4.78 is 5.99. The third-order valence-electron chi connectivity index (χ3n) is 6.53. The van der Waals surface area contributed by atoms with E-state index in [0.29, 0.717) is 24.9 Å². The first-order valence-corrected chi connectivity index (χ1v) is 12.3. The van der Waals surface area contributed by atoms with Crippen LogP contribution in [0.25, 0.3) is 0 Å². The molecule has 31 heavy (non-hydrogen) atoms. The van der Waals surface area contributed by atoms with Crippen LogP contribution >= 0.6 is 11.3 Å². The molecule has 2 saturated heterocycles. The van der Waals surface area contributed by atoms with Gasteiger partial charge in [-0.25, -0.2) is 0 Å². The average Bonchev–Trinajstić information content (AvgIpc) is 3.31. The number of carbonyl (C=O) groups excluding carboxylic acids is 2. The van der Waals surface area contributed by atoms with Crippen molar-refractivity contribution in [2.75, 3.05) is 32.8 Å². The van der Waals surface area contributed by atoms with E-state index in [1.54, 1.807) is 11.3 Å². The lowest BCUT2D eigenvalue weighted by Gasteiger charge is -2.32. The molecule has 0 aliphatic carbocycles. The summed E-state index contributed by atoms with van der Waals surface area (Å²) >= 11 is 1.64. The Morgan fingerprint density at radius 1 is 0.968 bits per heavy atom. The number of ether oxygens (including phenoxy) is 1. The van der Waals surface area contributed by atoms with Crippen LogP contribution in [0.2, 0.25) is 0 Å². The molecule has 0 N–H and O–H groups in total.